The molecule has 136 valence electrons. The summed E-state index contributed by atoms with van der Waals surface area (Å²) < 4.78 is 7.39. The molecule has 5 nitrogen and oxygen atoms in total. The molecule has 1 aliphatic heterocycles. The Morgan fingerprint density at radius 3 is 2.76 bits per heavy atom. The third-order valence-corrected chi connectivity index (χ3v) is 5.25. The number of ether oxygens (including phenoxy) is 1. The highest BCUT2D eigenvalue weighted by molar-refractivity contribution is 5.32. The van der Waals surface area contributed by atoms with Gasteiger partial charge in [-0.1, -0.05) is 26.0 Å². The van der Waals surface area contributed by atoms with E-state index in [2.05, 4.69) is 30.9 Å². The van der Waals surface area contributed by atoms with Crippen LogP contribution in [0, 0.1) is 0 Å². The third-order valence-electron chi connectivity index (χ3n) is 5.25. The largest absolute Gasteiger partial charge is 0.497 e. The van der Waals surface area contributed by atoms with Gasteiger partial charge in [-0.05, 0) is 37.0 Å². The summed E-state index contributed by atoms with van der Waals surface area (Å²) in [6, 6.07) is 8.41. The average Bonchev–Trinajstić information content (AvgIpc) is 3.14. The first-order valence-corrected chi connectivity index (χ1v) is 9.17. The van der Waals surface area contributed by atoms with Crippen molar-refractivity contribution in [2.24, 2.45) is 7.05 Å². The topological polar surface area (TPSA) is 50.5 Å². The van der Waals surface area contributed by atoms with Crippen molar-refractivity contribution < 1.29 is 9.84 Å². The van der Waals surface area contributed by atoms with E-state index in [4.69, 9.17) is 9.84 Å². The van der Waals surface area contributed by atoms with E-state index in [0.717, 1.165) is 31.6 Å². The second-order valence-electron chi connectivity index (χ2n) is 6.81. The molecule has 2 heterocycles. The Labute approximate surface area is 150 Å². The number of methoxy groups -OCH3 is 1. The minimum atomic E-state index is -0.289. The standard InChI is InChI=1S/C20H29N3O2/c1-5-18-17(19(6-2)22(3)21-18)13-23-12-15(24)11-20(23)14-8-7-9-16(10-14)25-4/h7-10,15,20,24H,5-6,11-13H2,1-4H3/t15-,20+/m1/s1. The number of benzene rings is 1. The van der Waals surface area contributed by atoms with Crippen molar-refractivity contribution in [1.82, 2.24) is 14.7 Å². The highest BCUT2D eigenvalue weighted by atomic mass is 16.5. The molecule has 3 rings (SSSR count). The van der Waals surface area contributed by atoms with Gasteiger partial charge in [0.25, 0.3) is 0 Å². The number of aliphatic hydroxyl groups is 1. The Morgan fingerprint density at radius 2 is 2.08 bits per heavy atom. The SMILES string of the molecule is CCc1nn(C)c(CC)c1CN1C[C@H](O)C[C@H]1c1cccc(OC)c1. The lowest BCUT2D eigenvalue weighted by Crippen LogP contribution is -2.25. The van der Waals surface area contributed by atoms with Gasteiger partial charge in [-0.3, -0.25) is 9.58 Å². The van der Waals surface area contributed by atoms with Crippen molar-refractivity contribution in [2.75, 3.05) is 13.7 Å². The van der Waals surface area contributed by atoms with E-state index < -0.39 is 0 Å². The number of aromatic nitrogens is 2. The van der Waals surface area contributed by atoms with E-state index >= 15 is 0 Å². The van der Waals surface area contributed by atoms with Crippen LogP contribution in [-0.2, 0) is 26.4 Å². The quantitative estimate of drug-likeness (QED) is 0.876. The number of nitrogens with zero attached hydrogens (tertiary/aromatic N) is 3. The molecule has 0 bridgehead atoms. The summed E-state index contributed by atoms with van der Waals surface area (Å²) in [5.74, 6) is 0.865. The Hall–Kier alpha value is -1.85. The number of hydrogen-bond acceptors (Lipinski definition) is 4. The van der Waals surface area contributed by atoms with Crippen LogP contribution in [0.1, 0.15) is 48.8 Å². The normalized spacial score (nSPS) is 21.0. The highest BCUT2D eigenvalue weighted by Gasteiger charge is 2.33. The minimum Gasteiger partial charge on any atom is -0.497 e. The monoisotopic (exact) mass is 343 g/mol. The molecule has 0 unspecified atom stereocenters. The van der Waals surface area contributed by atoms with Crippen LogP contribution < -0.4 is 4.74 Å². The molecule has 1 aromatic heterocycles. The Kier molecular flexibility index (Phi) is 5.45. The summed E-state index contributed by atoms with van der Waals surface area (Å²) in [6.07, 6.45) is 2.38. The lowest BCUT2D eigenvalue weighted by molar-refractivity contribution is 0.172. The molecule has 5 heteroatoms. The van der Waals surface area contributed by atoms with Gasteiger partial charge in [-0.2, -0.15) is 5.10 Å². The van der Waals surface area contributed by atoms with Crippen LogP contribution in [0.15, 0.2) is 24.3 Å². The maximum absolute atomic E-state index is 10.3. The number of aliphatic hydroxyl groups excluding tert-OH is 1. The zero-order valence-corrected chi connectivity index (χ0v) is 15.7. The van der Waals surface area contributed by atoms with Crippen LogP contribution in [0.25, 0.3) is 0 Å². The maximum atomic E-state index is 10.3. The second-order valence-corrected chi connectivity index (χ2v) is 6.81. The van der Waals surface area contributed by atoms with Crippen molar-refractivity contribution in [3.05, 3.63) is 46.8 Å². The smallest absolute Gasteiger partial charge is 0.119 e. The fourth-order valence-electron chi connectivity index (χ4n) is 4.03. The fourth-order valence-corrected chi connectivity index (χ4v) is 4.03. The van der Waals surface area contributed by atoms with Crippen LogP contribution in [0.5, 0.6) is 5.75 Å². The summed E-state index contributed by atoms with van der Waals surface area (Å²) in [5, 5.41) is 15.0. The maximum Gasteiger partial charge on any atom is 0.119 e. The number of aryl methyl sites for hydroxylation is 2. The molecule has 1 N–H and O–H groups in total. The predicted molar refractivity (Wildman–Crippen MR) is 98.7 cm³/mol. The average molecular weight is 343 g/mol. The van der Waals surface area contributed by atoms with Crippen molar-refractivity contribution in [3.8, 4) is 5.75 Å². The first kappa shape index (κ1) is 18.0. The lowest BCUT2D eigenvalue weighted by Gasteiger charge is -2.25. The molecule has 0 aliphatic carbocycles. The van der Waals surface area contributed by atoms with Gasteiger partial charge in [-0.15, -0.1) is 0 Å². The Bertz CT molecular complexity index is 726. The summed E-state index contributed by atoms with van der Waals surface area (Å²) >= 11 is 0. The molecule has 25 heavy (non-hydrogen) atoms. The van der Waals surface area contributed by atoms with E-state index in [1.807, 2.05) is 23.9 Å². The van der Waals surface area contributed by atoms with Crippen LogP contribution in [0.2, 0.25) is 0 Å². The van der Waals surface area contributed by atoms with Gasteiger partial charge in [0.05, 0.1) is 18.9 Å². The van der Waals surface area contributed by atoms with Crippen molar-refractivity contribution in [1.29, 1.82) is 0 Å². The molecule has 1 aromatic carbocycles. The van der Waals surface area contributed by atoms with Gasteiger partial charge in [-0.25, -0.2) is 0 Å². The van der Waals surface area contributed by atoms with E-state index in [9.17, 15) is 5.11 Å². The number of hydrogen-bond donors (Lipinski definition) is 1. The molecule has 0 amide bonds. The van der Waals surface area contributed by atoms with Crippen molar-refractivity contribution >= 4 is 0 Å². The lowest BCUT2D eigenvalue weighted by atomic mass is 10.0. The van der Waals surface area contributed by atoms with E-state index in [1.54, 1.807) is 7.11 Å². The molecule has 1 fully saturated rings. The predicted octanol–water partition coefficient (Wildman–Crippen LogP) is 2.86. The summed E-state index contributed by atoms with van der Waals surface area (Å²) in [5.41, 5.74) is 5.00. The van der Waals surface area contributed by atoms with Gasteiger partial charge >= 0.3 is 0 Å². The minimum absolute atomic E-state index is 0.208. The van der Waals surface area contributed by atoms with Gasteiger partial charge in [0.15, 0.2) is 0 Å². The van der Waals surface area contributed by atoms with Crippen LogP contribution in [0.4, 0.5) is 0 Å². The van der Waals surface area contributed by atoms with Gasteiger partial charge in [0, 0.05) is 37.4 Å². The molecule has 1 saturated heterocycles. The van der Waals surface area contributed by atoms with E-state index in [-0.39, 0.29) is 12.1 Å². The van der Waals surface area contributed by atoms with Crippen LogP contribution in [-0.4, -0.2) is 39.5 Å². The highest BCUT2D eigenvalue weighted by Crippen LogP contribution is 2.35. The molecule has 2 atom stereocenters. The third kappa shape index (κ3) is 3.58. The van der Waals surface area contributed by atoms with Gasteiger partial charge < -0.3 is 9.84 Å². The molecule has 2 aromatic rings. The van der Waals surface area contributed by atoms with Crippen LogP contribution in [0.3, 0.4) is 0 Å². The Morgan fingerprint density at radius 1 is 1.28 bits per heavy atom. The number of rotatable bonds is 6. The van der Waals surface area contributed by atoms with Crippen molar-refractivity contribution in [2.45, 2.75) is 51.8 Å². The van der Waals surface area contributed by atoms with Crippen LogP contribution >= 0.6 is 0 Å². The van der Waals surface area contributed by atoms with Crippen molar-refractivity contribution in [3.63, 3.8) is 0 Å². The number of likely N-dealkylation sites (tertiary alicyclic amines) is 1. The first-order valence-electron chi connectivity index (χ1n) is 9.17. The zero-order chi connectivity index (χ0) is 18.0. The molecular weight excluding hydrogens is 314 g/mol. The van der Waals surface area contributed by atoms with Gasteiger partial charge in [0.1, 0.15) is 5.75 Å². The molecule has 1 aliphatic rings. The fraction of sp³-hybridized carbons (Fsp3) is 0.550. The molecule has 0 radical (unpaired) electrons. The number of β-amino-alcohol motifs (C(OH)–C–C–N with tert-alkyl or cyclic N) is 1. The summed E-state index contributed by atoms with van der Waals surface area (Å²) in [7, 11) is 3.72. The van der Waals surface area contributed by atoms with E-state index in [0.29, 0.717) is 6.54 Å². The zero-order valence-electron chi connectivity index (χ0n) is 15.7. The Balaban J connectivity index is 1.90. The summed E-state index contributed by atoms with van der Waals surface area (Å²) in [6.45, 7) is 5.87. The molecule has 0 spiro atoms. The molecule has 0 saturated carbocycles. The van der Waals surface area contributed by atoms with E-state index in [1.165, 1.54) is 22.5 Å². The second kappa shape index (κ2) is 7.58. The summed E-state index contributed by atoms with van der Waals surface area (Å²) in [4.78, 5) is 2.38. The van der Waals surface area contributed by atoms with Gasteiger partial charge in [0.2, 0.25) is 0 Å². The molecular formula is C20H29N3O2. The first-order chi connectivity index (χ1) is 12.1.